The SMILES string of the molecule is CCc1ccc(CNC(=NC)NCc2cccc(-c3ncn[nH]3)c2)s1.I. The zero-order valence-electron chi connectivity index (χ0n) is 14.8. The van der Waals surface area contributed by atoms with Gasteiger partial charge in [-0.25, -0.2) is 4.98 Å². The molecule has 0 radical (unpaired) electrons. The van der Waals surface area contributed by atoms with Crippen molar-refractivity contribution in [1.29, 1.82) is 0 Å². The first-order chi connectivity index (χ1) is 12.3. The standard InChI is InChI=1S/C18H22N6S.HI/c1-3-15-7-8-16(25-15)11-21-18(19-2)20-10-13-5-4-6-14(9-13)17-22-12-23-24-17;/h4-9,12H,3,10-11H2,1-2H3,(H2,19,20,21)(H,22,23,24);1H. The highest BCUT2D eigenvalue weighted by atomic mass is 127. The first-order valence-electron chi connectivity index (χ1n) is 8.25. The van der Waals surface area contributed by atoms with E-state index < -0.39 is 0 Å². The lowest BCUT2D eigenvalue weighted by atomic mass is 10.1. The molecule has 2 aromatic heterocycles. The van der Waals surface area contributed by atoms with Gasteiger partial charge in [-0.1, -0.05) is 25.1 Å². The van der Waals surface area contributed by atoms with Gasteiger partial charge in [-0.15, -0.1) is 35.3 Å². The molecule has 0 aliphatic rings. The average Bonchev–Trinajstić information content (AvgIpc) is 3.34. The maximum Gasteiger partial charge on any atom is 0.191 e. The molecule has 3 N–H and O–H groups in total. The molecule has 0 atom stereocenters. The lowest BCUT2D eigenvalue weighted by Gasteiger charge is -2.11. The molecule has 0 amide bonds. The molecule has 6 nitrogen and oxygen atoms in total. The number of hydrogen-bond acceptors (Lipinski definition) is 4. The summed E-state index contributed by atoms with van der Waals surface area (Å²) in [5, 5.41) is 13.5. The molecule has 0 fully saturated rings. The van der Waals surface area contributed by atoms with Gasteiger partial charge in [-0.3, -0.25) is 10.1 Å². The Kier molecular flexibility index (Phi) is 8.05. The van der Waals surface area contributed by atoms with Gasteiger partial charge in [0.1, 0.15) is 6.33 Å². The van der Waals surface area contributed by atoms with Gasteiger partial charge in [0.05, 0.1) is 6.54 Å². The van der Waals surface area contributed by atoms with E-state index in [-0.39, 0.29) is 24.0 Å². The van der Waals surface area contributed by atoms with Crippen LogP contribution < -0.4 is 10.6 Å². The Morgan fingerprint density at radius 2 is 1.96 bits per heavy atom. The Morgan fingerprint density at radius 3 is 2.65 bits per heavy atom. The molecule has 3 aromatic rings. The second-order valence-corrected chi connectivity index (χ2v) is 6.79. The summed E-state index contributed by atoms with van der Waals surface area (Å²) in [5.41, 5.74) is 2.17. The fraction of sp³-hybridized carbons (Fsp3) is 0.278. The number of nitrogens with one attached hydrogen (secondary N) is 3. The number of aryl methyl sites for hydroxylation is 1. The minimum Gasteiger partial charge on any atom is -0.352 e. The molecule has 1 aromatic carbocycles. The first kappa shape index (κ1) is 20.4. The largest absolute Gasteiger partial charge is 0.352 e. The van der Waals surface area contributed by atoms with Gasteiger partial charge in [-0.05, 0) is 30.2 Å². The quantitative estimate of drug-likeness (QED) is 0.285. The molecular weight excluding hydrogens is 459 g/mol. The van der Waals surface area contributed by atoms with E-state index >= 15 is 0 Å². The van der Waals surface area contributed by atoms with Crippen molar-refractivity contribution in [3.05, 3.63) is 58.0 Å². The van der Waals surface area contributed by atoms with E-state index in [1.807, 2.05) is 23.5 Å². The predicted molar refractivity (Wildman–Crippen MR) is 118 cm³/mol. The first-order valence-corrected chi connectivity index (χ1v) is 9.07. The summed E-state index contributed by atoms with van der Waals surface area (Å²) in [7, 11) is 1.78. The third-order valence-electron chi connectivity index (χ3n) is 3.79. The van der Waals surface area contributed by atoms with E-state index in [4.69, 9.17) is 0 Å². The summed E-state index contributed by atoms with van der Waals surface area (Å²) in [5.74, 6) is 1.56. The third kappa shape index (κ3) is 5.53. The topological polar surface area (TPSA) is 78.0 Å². The van der Waals surface area contributed by atoms with Gasteiger partial charge in [0.25, 0.3) is 0 Å². The normalized spacial score (nSPS) is 11.1. The van der Waals surface area contributed by atoms with E-state index in [0.29, 0.717) is 6.54 Å². The van der Waals surface area contributed by atoms with Gasteiger partial charge in [0.15, 0.2) is 11.8 Å². The molecule has 26 heavy (non-hydrogen) atoms. The van der Waals surface area contributed by atoms with Crippen LogP contribution in [-0.4, -0.2) is 28.2 Å². The number of nitrogens with zero attached hydrogens (tertiary/aromatic N) is 3. The lowest BCUT2D eigenvalue weighted by Crippen LogP contribution is -2.36. The minimum atomic E-state index is 0. The molecule has 2 heterocycles. The van der Waals surface area contributed by atoms with E-state index in [1.165, 1.54) is 16.1 Å². The number of aromatic nitrogens is 3. The van der Waals surface area contributed by atoms with Crippen LogP contribution >= 0.6 is 35.3 Å². The maximum atomic E-state index is 4.29. The zero-order valence-corrected chi connectivity index (χ0v) is 18.0. The van der Waals surface area contributed by atoms with Crippen LogP contribution in [0.25, 0.3) is 11.4 Å². The number of aliphatic imine (C=N–C) groups is 1. The molecule has 8 heteroatoms. The zero-order chi connectivity index (χ0) is 17.5. The van der Waals surface area contributed by atoms with Crippen LogP contribution in [0.5, 0.6) is 0 Å². The summed E-state index contributed by atoms with van der Waals surface area (Å²) in [6, 6.07) is 12.6. The second kappa shape index (κ2) is 10.3. The number of halogens is 1. The summed E-state index contributed by atoms with van der Waals surface area (Å²) < 4.78 is 0. The molecule has 0 saturated carbocycles. The smallest absolute Gasteiger partial charge is 0.191 e. The molecule has 0 bridgehead atoms. The second-order valence-electron chi connectivity index (χ2n) is 5.54. The summed E-state index contributed by atoms with van der Waals surface area (Å²) >= 11 is 1.84. The third-order valence-corrected chi connectivity index (χ3v) is 5.02. The van der Waals surface area contributed by atoms with Crippen LogP contribution in [0.2, 0.25) is 0 Å². The number of hydrogen-bond donors (Lipinski definition) is 3. The Balaban J connectivity index is 0.00000243. The molecule has 0 spiro atoms. The average molecular weight is 482 g/mol. The van der Waals surface area contributed by atoms with Crippen LogP contribution in [0.15, 0.2) is 47.7 Å². The highest BCUT2D eigenvalue weighted by Gasteiger charge is 2.04. The van der Waals surface area contributed by atoms with Gasteiger partial charge < -0.3 is 10.6 Å². The van der Waals surface area contributed by atoms with Gasteiger partial charge in [-0.2, -0.15) is 5.10 Å². The van der Waals surface area contributed by atoms with Crippen molar-refractivity contribution >= 4 is 41.3 Å². The summed E-state index contributed by atoms with van der Waals surface area (Å²) in [4.78, 5) is 11.2. The number of aromatic amines is 1. The van der Waals surface area contributed by atoms with E-state index in [9.17, 15) is 0 Å². The van der Waals surface area contributed by atoms with Crippen molar-refractivity contribution in [2.75, 3.05) is 7.05 Å². The number of benzene rings is 1. The molecular formula is C18H23IN6S. The van der Waals surface area contributed by atoms with Crippen molar-refractivity contribution in [2.45, 2.75) is 26.4 Å². The summed E-state index contributed by atoms with van der Waals surface area (Å²) in [6.07, 6.45) is 2.60. The van der Waals surface area contributed by atoms with E-state index in [1.54, 1.807) is 7.05 Å². The lowest BCUT2D eigenvalue weighted by molar-refractivity contribution is 0.815. The fourth-order valence-corrected chi connectivity index (χ4v) is 3.36. The van der Waals surface area contributed by atoms with Gasteiger partial charge >= 0.3 is 0 Å². The Hall–Kier alpha value is -1.94. The Bertz CT molecular complexity index is 828. The number of H-pyrrole nitrogens is 1. The number of rotatable bonds is 6. The van der Waals surface area contributed by atoms with Crippen LogP contribution in [0.3, 0.4) is 0 Å². The van der Waals surface area contributed by atoms with Crippen molar-refractivity contribution < 1.29 is 0 Å². The molecule has 0 aliphatic heterocycles. The van der Waals surface area contributed by atoms with Gasteiger partial charge in [0, 0.05) is 28.9 Å². The van der Waals surface area contributed by atoms with Crippen molar-refractivity contribution in [2.24, 2.45) is 4.99 Å². The Morgan fingerprint density at radius 1 is 1.15 bits per heavy atom. The highest BCUT2D eigenvalue weighted by molar-refractivity contribution is 14.0. The maximum absolute atomic E-state index is 4.29. The fourth-order valence-electron chi connectivity index (χ4n) is 2.46. The molecule has 138 valence electrons. The molecule has 3 rings (SSSR count). The van der Waals surface area contributed by atoms with E-state index in [2.05, 4.69) is 62.0 Å². The molecule has 0 unspecified atom stereocenters. The van der Waals surface area contributed by atoms with Gasteiger partial charge in [0.2, 0.25) is 0 Å². The highest BCUT2D eigenvalue weighted by Crippen LogP contribution is 2.17. The Labute approximate surface area is 174 Å². The van der Waals surface area contributed by atoms with Crippen molar-refractivity contribution in [3.8, 4) is 11.4 Å². The summed E-state index contributed by atoms with van der Waals surface area (Å²) in [6.45, 7) is 3.64. The number of thiophene rings is 1. The van der Waals surface area contributed by atoms with Crippen molar-refractivity contribution in [3.63, 3.8) is 0 Å². The van der Waals surface area contributed by atoms with E-state index in [0.717, 1.165) is 35.9 Å². The molecule has 0 aliphatic carbocycles. The molecule has 0 saturated heterocycles. The predicted octanol–water partition coefficient (Wildman–Crippen LogP) is 3.58. The minimum absolute atomic E-state index is 0. The van der Waals surface area contributed by atoms with Crippen LogP contribution in [0.4, 0.5) is 0 Å². The number of guanidine groups is 1. The van der Waals surface area contributed by atoms with Crippen LogP contribution in [0.1, 0.15) is 22.2 Å². The monoisotopic (exact) mass is 482 g/mol. The van der Waals surface area contributed by atoms with Crippen molar-refractivity contribution in [1.82, 2.24) is 25.8 Å². The van der Waals surface area contributed by atoms with Crippen LogP contribution in [0, 0.1) is 0 Å². The van der Waals surface area contributed by atoms with Crippen LogP contribution in [-0.2, 0) is 19.5 Å².